The van der Waals surface area contributed by atoms with Crippen molar-refractivity contribution in [3.05, 3.63) is 53.7 Å². The summed E-state index contributed by atoms with van der Waals surface area (Å²) in [6.45, 7) is 4.16. The number of hydrogen-bond donors (Lipinski definition) is 0. The molecule has 0 aliphatic rings. The van der Waals surface area contributed by atoms with E-state index in [-0.39, 0.29) is 11.3 Å². The van der Waals surface area contributed by atoms with Crippen molar-refractivity contribution in [1.82, 2.24) is 4.98 Å². The van der Waals surface area contributed by atoms with Crippen LogP contribution in [-0.2, 0) is 6.42 Å². The lowest BCUT2D eigenvalue weighted by atomic mass is 9.96. The van der Waals surface area contributed by atoms with Crippen LogP contribution < -0.4 is 0 Å². The molecule has 2 aromatic heterocycles. The molecule has 0 N–H and O–H groups in total. The van der Waals surface area contributed by atoms with E-state index in [2.05, 4.69) is 18.8 Å². The zero-order valence-electron chi connectivity index (χ0n) is 10.1. The second-order valence-corrected chi connectivity index (χ2v) is 4.57. The molecule has 0 aliphatic heterocycles. The van der Waals surface area contributed by atoms with Crippen molar-refractivity contribution in [1.29, 1.82) is 0 Å². The van der Waals surface area contributed by atoms with Gasteiger partial charge in [0.15, 0.2) is 0 Å². The van der Waals surface area contributed by atoms with E-state index in [9.17, 15) is 0 Å². The monoisotopic (exact) mass is 249 g/mol. The molecule has 2 heterocycles. The Morgan fingerprint density at radius 1 is 1.35 bits per heavy atom. The van der Waals surface area contributed by atoms with Gasteiger partial charge < -0.3 is 4.42 Å². The van der Waals surface area contributed by atoms with Gasteiger partial charge in [-0.1, -0.05) is 19.9 Å². The smallest absolute Gasteiger partial charge is 0.108 e. The number of aromatic nitrogens is 1. The first-order valence-corrected chi connectivity index (χ1v) is 6.29. The number of hydrogen-bond acceptors (Lipinski definition) is 2. The Labute approximate surface area is 107 Å². The van der Waals surface area contributed by atoms with Gasteiger partial charge in [0.1, 0.15) is 5.76 Å². The van der Waals surface area contributed by atoms with Crippen molar-refractivity contribution in [3.63, 3.8) is 0 Å². The SMILES string of the molecule is CCc1occc1C(Cl)C(C)c1ccccn1. The molecule has 2 rings (SSSR count). The fourth-order valence-corrected chi connectivity index (χ4v) is 2.27. The summed E-state index contributed by atoms with van der Waals surface area (Å²) in [5.74, 6) is 1.13. The van der Waals surface area contributed by atoms with E-state index >= 15 is 0 Å². The largest absolute Gasteiger partial charge is 0.469 e. The van der Waals surface area contributed by atoms with Crippen LogP contribution in [0, 0.1) is 0 Å². The highest BCUT2D eigenvalue weighted by Crippen LogP contribution is 2.37. The Morgan fingerprint density at radius 3 is 2.82 bits per heavy atom. The summed E-state index contributed by atoms with van der Waals surface area (Å²) >= 11 is 6.52. The third kappa shape index (κ3) is 2.52. The van der Waals surface area contributed by atoms with Crippen molar-refractivity contribution < 1.29 is 4.42 Å². The van der Waals surface area contributed by atoms with E-state index in [4.69, 9.17) is 16.0 Å². The minimum atomic E-state index is -0.0985. The van der Waals surface area contributed by atoms with E-state index in [0.29, 0.717) is 0 Å². The first kappa shape index (κ1) is 12.2. The third-order valence-electron chi connectivity index (χ3n) is 2.99. The molecule has 2 unspecified atom stereocenters. The number of pyridine rings is 1. The molecule has 3 heteroatoms. The molecular weight excluding hydrogens is 234 g/mol. The predicted molar refractivity (Wildman–Crippen MR) is 69.3 cm³/mol. The van der Waals surface area contributed by atoms with Gasteiger partial charge in [-0.25, -0.2) is 0 Å². The molecule has 2 aromatic rings. The summed E-state index contributed by atoms with van der Waals surface area (Å²) in [5.41, 5.74) is 2.09. The van der Waals surface area contributed by atoms with E-state index in [0.717, 1.165) is 23.4 Å². The van der Waals surface area contributed by atoms with Gasteiger partial charge in [0.05, 0.1) is 11.6 Å². The zero-order valence-corrected chi connectivity index (χ0v) is 10.8. The molecule has 90 valence electrons. The summed E-state index contributed by atoms with van der Waals surface area (Å²) in [4.78, 5) is 4.35. The maximum atomic E-state index is 6.52. The molecule has 2 nitrogen and oxygen atoms in total. The molecule has 0 saturated heterocycles. The number of halogens is 1. The summed E-state index contributed by atoms with van der Waals surface area (Å²) in [6.07, 6.45) is 4.36. The Hall–Kier alpha value is -1.28. The standard InChI is InChI=1S/C14H16ClNO/c1-3-13-11(7-9-17-13)14(15)10(2)12-6-4-5-8-16-12/h4-10,14H,3H2,1-2H3. The van der Waals surface area contributed by atoms with Gasteiger partial charge in [-0.3, -0.25) is 4.98 Å². The third-order valence-corrected chi connectivity index (χ3v) is 3.60. The van der Waals surface area contributed by atoms with Crippen LogP contribution in [0.4, 0.5) is 0 Å². The Bertz CT molecular complexity index is 466. The fourth-order valence-electron chi connectivity index (χ4n) is 1.95. The van der Waals surface area contributed by atoms with Gasteiger partial charge in [-0.05, 0) is 18.2 Å². The lowest BCUT2D eigenvalue weighted by Crippen LogP contribution is -2.05. The topological polar surface area (TPSA) is 26.0 Å². The molecular formula is C14H16ClNO. The first-order valence-electron chi connectivity index (χ1n) is 5.85. The maximum Gasteiger partial charge on any atom is 0.108 e. The quantitative estimate of drug-likeness (QED) is 0.755. The minimum absolute atomic E-state index is 0.0985. The Balaban J connectivity index is 2.23. The average Bonchev–Trinajstić information content (AvgIpc) is 2.86. The van der Waals surface area contributed by atoms with Crippen molar-refractivity contribution in [2.45, 2.75) is 31.6 Å². The van der Waals surface area contributed by atoms with Crippen molar-refractivity contribution in [2.75, 3.05) is 0 Å². The highest BCUT2D eigenvalue weighted by molar-refractivity contribution is 6.21. The van der Waals surface area contributed by atoms with Crippen LogP contribution in [0.2, 0.25) is 0 Å². The predicted octanol–water partition coefficient (Wildman–Crippen LogP) is 4.32. The van der Waals surface area contributed by atoms with Gasteiger partial charge >= 0.3 is 0 Å². The molecule has 0 aromatic carbocycles. The van der Waals surface area contributed by atoms with Gasteiger partial charge in [0.25, 0.3) is 0 Å². The molecule has 0 aliphatic carbocycles. The molecule has 2 atom stereocenters. The van der Waals surface area contributed by atoms with Gasteiger partial charge in [-0.15, -0.1) is 11.6 Å². The molecule has 0 radical (unpaired) electrons. The average molecular weight is 250 g/mol. The summed E-state index contributed by atoms with van der Waals surface area (Å²) in [7, 11) is 0. The summed E-state index contributed by atoms with van der Waals surface area (Å²) in [6, 6.07) is 7.86. The summed E-state index contributed by atoms with van der Waals surface area (Å²) in [5, 5.41) is -0.0985. The molecule has 17 heavy (non-hydrogen) atoms. The molecule has 0 amide bonds. The molecule has 0 bridgehead atoms. The summed E-state index contributed by atoms with van der Waals surface area (Å²) < 4.78 is 5.42. The Kier molecular flexibility index (Phi) is 3.85. The van der Waals surface area contributed by atoms with Crippen LogP contribution in [-0.4, -0.2) is 4.98 Å². The van der Waals surface area contributed by atoms with Crippen LogP contribution in [0.15, 0.2) is 41.1 Å². The molecule has 0 spiro atoms. The highest BCUT2D eigenvalue weighted by atomic mass is 35.5. The number of furan rings is 1. The van der Waals surface area contributed by atoms with Crippen LogP contribution >= 0.6 is 11.6 Å². The van der Waals surface area contributed by atoms with Gasteiger partial charge in [0.2, 0.25) is 0 Å². The lowest BCUT2D eigenvalue weighted by molar-refractivity contribution is 0.507. The zero-order chi connectivity index (χ0) is 12.3. The number of rotatable bonds is 4. The number of nitrogens with zero attached hydrogens (tertiary/aromatic N) is 1. The molecule has 0 saturated carbocycles. The van der Waals surface area contributed by atoms with Crippen molar-refractivity contribution >= 4 is 11.6 Å². The van der Waals surface area contributed by atoms with Gasteiger partial charge in [-0.2, -0.15) is 0 Å². The van der Waals surface area contributed by atoms with Crippen LogP contribution in [0.3, 0.4) is 0 Å². The lowest BCUT2D eigenvalue weighted by Gasteiger charge is -2.17. The molecule has 0 fully saturated rings. The van der Waals surface area contributed by atoms with Crippen molar-refractivity contribution in [3.8, 4) is 0 Å². The normalized spacial score (nSPS) is 14.5. The number of alkyl halides is 1. The highest BCUT2D eigenvalue weighted by Gasteiger charge is 2.22. The van der Waals surface area contributed by atoms with Crippen LogP contribution in [0.25, 0.3) is 0 Å². The second kappa shape index (κ2) is 5.37. The van der Waals surface area contributed by atoms with E-state index in [1.165, 1.54) is 0 Å². The maximum absolute atomic E-state index is 6.52. The van der Waals surface area contributed by atoms with E-state index in [1.54, 1.807) is 12.5 Å². The minimum Gasteiger partial charge on any atom is -0.469 e. The van der Waals surface area contributed by atoms with E-state index in [1.807, 2.05) is 24.3 Å². The first-order chi connectivity index (χ1) is 8.24. The fraction of sp³-hybridized carbons (Fsp3) is 0.357. The van der Waals surface area contributed by atoms with Crippen LogP contribution in [0.5, 0.6) is 0 Å². The Morgan fingerprint density at radius 2 is 2.18 bits per heavy atom. The van der Waals surface area contributed by atoms with Crippen molar-refractivity contribution in [2.24, 2.45) is 0 Å². The second-order valence-electron chi connectivity index (χ2n) is 4.10. The number of aryl methyl sites for hydroxylation is 1. The van der Waals surface area contributed by atoms with Gasteiger partial charge in [0, 0.05) is 29.8 Å². The van der Waals surface area contributed by atoms with E-state index < -0.39 is 0 Å². The van der Waals surface area contributed by atoms with Crippen LogP contribution in [0.1, 0.15) is 42.2 Å².